The molecule has 2 amide bonds. The number of nitrogens with zero attached hydrogens (tertiary/aromatic N) is 2. The number of anilines is 2. The molecule has 2 aromatic rings. The van der Waals surface area contributed by atoms with Crippen LogP contribution in [-0.4, -0.2) is 48.6 Å². The number of nitrogens with two attached hydrogens (primary N) is 1. The van der Waals surface area contributed by atoms with Gasteiger partial charge in [0, 0.05) is 23.5 Å². The fourth-order valence-electron chi connectivity index (χ4n) is 4.82. The second kappa shape index (κ2) is 8.35. The Hall–Kier alpha value is -2.68. The van der Waals surface area contributed by atoms with E-state index in [0.717, 1.165) is 31.0 Å². The summed E-state index contributed by atoms with van der Waals surface area (Å²) in [5.41, 5.74) is 8.57. The van der Waals surface area contributed by atoms with E-state index in [0.29, 0.717) is 36.3 Å². The first-order valence-electron chi connectivity index (χ1n) is 10.9. The molecule has 8 nitrogen and oxygen atoms in total. The van der Waals surface area contributed by atoms with Crippen LogP contribution in [0, 0.1) is 5.92 Å². The van der Waals surface area contributed by atoms with Crippen LogP contribution < -0.4 is 26.0 Å². The summed E-state index contributed by atoms with van der Waals surface area (Å²) >= 11 is 6.32. The molecule has 5 rings (SSSR count). The fourth-order valence-corrected chi connectivity index (χ4v) is 5.09. The van der Waals surface area contributed by atoms with E-state index in [4.69, 9.17) is 22.1 Å². The molecule has 0 bridgehead atoms. The van der Waals surface area contributed by atoms with Crippen molar-refractivity contribution in [3.63, 3.8) is 0 Å². The molecule has 2 unspecified atom stereocenters. The van der Waals surface area contributed by atoms with Crippen molar-refractivity contribution in [3.8, 4) is 5.75 Å². The lowest BCUT2D eigenvalue weighted by Gasteiger charge is -2.25. The summed E-state index contributed by atoms with van der Waals surface area (Å²) in [4.78, 5) is 30.2. The standard InChI is InChI=1S/C23H26ClN5O3/c24-17-3-1-2-15-8-14(9-16(15)17)11-26-7-6-23(25)10-21(31)29(13-23)19-5-4-18-22(27-19)28-20(30)12-32-18/h1-5,14,26H,6-13,25H2,(H,27,28,30). The predicted octanol–water partition coefficient (Wildman–Crippen LogP) is 1.89. The van der Waals surface area contributed by atoms with Crippen molar-refractivity contribution in [1.29, 1.82) is 0 Å². The van der Waals surface area contributed by atoms with Gasteiger partial charge >= 0.3 is 0 Å². The SMILES string of the molecule is NC1(CCNCC2Cc3cccc(Cl)c3C2)CC(=O)N(c2ccc3c(n2)NC(=O)CO3)C1. The molecule has 32 heavy (non-hydrogen) atoms. The third-order valence-electron chi connectivity index (χ3n) is 6.46. The predicted molar refractivity (Wildman–Crippen MR) is 122 cm³/mol. The van der Waals surface area contributed by atoms with E-state index >= 15 is 0 Å². The number of aromatic nitrogens is 1. The zero-order valence-corrected chi connectivity index (χ0v) is 18.5. The highest BCUT2D eigenvalue weighted by Crippen LogP contribution is 2.33. The number of hydrogen-bond donors (Lipinski definition) is 3. The number of carbonyl (C=O) groups is 2. The van der Waals surface area contributed by atoms with Crippen molar-refractivity contribution in [1.82, 2.24) is 10.3 Å². The van der Waals surface area contributed by atoms with Gasteiger partial charge in [0.15, 0.2) is 18.2 Å². The molecular formula is C23H26ClN5O3. The Morgan fingerprint density at radius 1 is 1.28 bits per heavy atom. The number of ether oxygens (including phenoxy) is 1. The van der Waals surface area contributed by atoms with E-state index in [-0.39, 0.29) is 24.8 Å². The van der Waals surface area contributed by atoms with E-state index in [2.05, 4.69) is 21.7 Å². The number of halogens is 1. The lowest BCUT2D eigenvalue weighted by Crippen LogP contribution is -2.45. The van der Waals surface area contributed by atoms with E-state index in [9.17, 15) is 9.59 Å². The smallest absolute Gasteiger partial charge is 0.263 e. The normalized spacial score (nSPS) is 24.2. The van der Waals surface area contributed by atoms with Gasteiger partial charge in [0.25, 0.3) is 5.91 Å². The average Bonchev–Trinajstić information content (AvgIpc) is 3.32. The Bertz CT molecular complexity index is 1080. The summed E-state index contributed by atoms with van der Waals surface area (Å²) in [6, 6.07) is 9.56. The second-order valence-electron chi connectivity index (χ2n) is 8.98. The molecule has 9 heteroatoms. The molecule has 2 atom stereocenters. The molecule has 0 spiro atoms. The third kappa shape index (κ3) is 4.18. The van der Waals surface area contributed by atoms with Gasteiger partial charge in [-0.05, 0) is 67.6 Å². The highest BCUT2D eigenvalue weighted by Gasteiger charge is 2.41. The molecule has 0 radical (unpaired) electrons. The molecule has 1 aromatic carbocycles. The maximum Gasteiger partial charge on any atom is 0.263 e. The number of fused-ring (bicyclic) bond motifs is 2. The molecule has 168 valence electrons. The number of benzene rings is 1. The zero-order valence-electron chi connectivity index (χ0n) is 17.7. The van der Waals surface area contributed by atoms with Gasteiger partial charge in [-0.2, -0.15) is 0 Å². The number of rotatable bonds is 6. The van der Waals surface area contributed by atoms with Gasteiger partial charge in [0.1, 0.15) is 5.82 Å². The van der Waals surface area contributed by atoms with Crippen LogP contribution in [0.15, 0.2) is 30.3 Å². The number of nitrogens with one attached hydrogen (secondary N) is 2. The highest BCUT2D eigenvalue weighted by molar-refractivity contribution is 6.31. The summed E-state index contributed by atoms with van der Waals surface area (Å²) in [6.07, 6.45) is 2.97. The van der Waals surface area contributed by atoms with Crippen LogP contribution in [0.2, 0.25) is 5.02 Å². The Morgan fingerprint density at radius 2 is 2.16 bits per heavy atom. The average molecular weight is 456 g/mol. The van der Waals surface area contributed by atoms with Crippen LogP contribution in [0.4, 0.5) is 11.6 Å². The van der Waals surface area contributed by atoms with Gasteiger partial charge in [-0.1, -0.05) is 23.7 Å². The Labute approximate surface area is 191 Å². The van der Waals surface area contributed by atoms with Crippen LogP contribution in [0.3, 0.4) is 0 Å². The van der Waals surface area contributed by atoms with Gasteiger partial charge < -0.3 is 21.1 Å². The quantitative estimate of drug-likeness (QED) is 0.574. The van der Waals surface area contributed by atoms with Crippen molar-refractivity contribution in [2.24, 2.45) is 11.7 Å². The maximum atomic E-state index is 12.7. The minimum Gasteiger partial charge on any atom is -0.480 e. The van der Waals surface area contributed by atoms with E-state index < -0.39 is 5.54 Å². The second-order valence-corrected chi connectivity index (χ2v) is 9.39. The van der Waals surface area contributed by atoms with Crippen LogP contribution in [-0.2, 0) is 22.4 Å². The largest absolute Gasteiger partial charge is 0.480 e. The Balaban J connectivity index is 1.14. The number of amides is 2. The van der Waals surface area contributed by atoms with Crippen molar-refractivity contribution < 1.29 is 14.3 Å². The molecule has 1 aromatic heterocycles. The molecular weight excluding hydrogens is 430 g/mol. The summed E-state index contributed by atoms with van der Waals surface area (Å²) in [5, 5.41) is 7.05. The maximum absolute atomic E-state index is 12.7. The van der Waals surface area contributed by atoms with E-state index in [1.54, 1.807) is 17.0 Å². The van der Waals surface area contributed by atoms with Gasteiger partial charge in [-0.15, -0.1) is 0 Å². The molecule has 4 N–H and O–H groups in total. The highest BCUT2D eigenvalue weighted by atomic mass is 35.5. The molecule has 1 saturated heterocycles. The van der Waals surface area contributed by atoms with E-state index in [1.165, 1.54) is 11.1 Å². The zero-order chi connectivity index (χ0) is 22.3. The van der Waals surface area contributed by atoms with E-state index in [1.807, 2.05) is 12.1 Å². The first kappa shape index (κ1) is 21.2. The lowest BCUT2D eigenvalue weighted by atomic mass is 9.95. The first-order valence-corrected chi connectivity index (χ1v) is 11.3. The minimum atomic E-state index is -0.622. The monoisotopic (exact) mass is 455 g/mol. The number of hydrogen-bond acceptors (Lipinski definition) is 6. The van der Waals surface area contributed by atoms with Gasteiger partial charge in [0.2, 0.25) is 5.91 Å². The molecule has 1 aliphatic carbocycles. The lowest BCUT2D eigenvalue weighted by molar-refractivity contribution is -0.119. The number of pyridine rings is 1. The van der Waals surface area contributed by atoms with Crippen LogP contribution in [0.5, 0.6) is 5.75 Å². The van der Waals surface area contributed by atoms with Crippen molar-refractivity contribution >= 4 is 35.1 Å². The summed E-state index contributed by atoms with van der Waals surface area (Å²) in [7, 11) is 0. The van der Waals surface area contributed by atoms with Crippen LogP contribution in [0.1, 0.15) is 24.0 Å². The summed E-state index contributed by atoms with van der Waals surface area (Å²) in [6.45, 7) is 1.98. The fraction of sp³-hybridized carbons (Fsp3) is 0.435. The minimum absolute atomic E-state index is 0.0322. The van der Waals surface area contributed by atoms with Crippen molar-refractivity contribution in [3.05, 3.63) is 46.5 Å². The molecule has 3 heterocycles. The molecule has 1 fully saturated rings. The first-order chi connectivity index (χ1) is 15.4. The molecule has 3 aliphatic rings. The topological polar surface area (TPSA) is 110 Å². The summed E-state index contributed by atoms with van der Waals surface area (Å²) in [5.74, 6) is 1.50. The van der Waals surface area contributed by atoms with Gasteiger partial charge in [-0.25, -0.2) is 4.98 Å². The van der Waals surface area contributed by atoms with Crippen LogP contribution in [0.25, 0.3) is 0 Å². The van der Waals surface area contributed by atoms with Gasteiger partial charge in [-0.3, -0.25) is 14.5 Å². The third-order valence-corrected chi connectivity index (χ3v) is 6.82. The Kier molecular flexibility index (Phi) is 5.53. The molecule has 0 saturated carbocycles. The summed E-state index contributed by atoms with van der Waals surface area (Å²) < 4.78 is 5.34. The number of carbonyl (C=O) groups excluding carboxylic acids is 2. The van der Waals surface area contributed by atoms with Crippen molar-refractivity contribution in [2.45, 2.75) is 31.2 Å². The van der Waals surface area contributed by atoms with Gasteiger partial charge in [0.05, 0.1) is 0 Å². The van der Waals surface area contributed by atoms with Crippen LogP contribution >= 0.6 is 11.6 Å². The Morgan fingerprint density at radius 3 is 3.00 bits per heavy atom. The molecule has 2 aliphatic heterocycles. The van der Waals surface area contributed by atoms with Crippen molar-refractivity contribution in [2.75, 3.05) is 36.5 Å².